The van der Waals surface area contributed by atoms with Crippen LogP contribution < -0.4 is 0 Å². The molecule has 1 aromatic carbocycles. The maximum Gasteiger partial charge on any atom is 0.329 e. The van der Waals surface area contributed by atoms with Crippen LogP contribution in [0.25, 0.3) is 0 Å². The lowest BCUT2D eigenvalue weighted by atomic mass is 10.1. The third-order valence-corrected chi connectivity index (χ3v) is 5.93. The minimum absolute atomic E-state index is 0.213. The summed E-state index contributed by atoms with van der Waals surface area (Å²) in [5.41, 5.74) is 0.711. The normalized spacial score (nSPS) is 17.5. The molecule has 1 aliphatic heterocycles. The molecule has 6 nitrogen and oxygen atoms in total. The number of halogens is 1. The maximum absolute atomic E-state index is 12.6. The second-order valence-electron chi connectivity index (χ2n) is 5.22. The summed E-state index contributed by atoms with van der Waals surface area (Å²) in [6.45, 7) is 2.03. The molecule has 1 N–H and O–H groups in total. The maximum atomic E-state index is 12.6. The molecule has 0 aromatic heterocycles. The first-order valence-electron chi connectivity index (χ1n) is 6.90. The van der Waals surface area contributed by atoms with Crippen molar-refractivity contribution >= 4 is 27.6 Å². The number of piperidine rings is 1. The van der Waals surface area contributed by atoms with Gasteiger partial charge in [0.1, 0.15) is 6.61 Å². The highest BCUT2D eigenvalue weighted by molar-refractivity contribution is 7.89. The predicted molar refractivity (Wildman–Crippen MR) is 81.6 cm³/mol. The lowest BCUT2D eigenvalue weighted by Crippen LogP contribution is -2.41. The van der Waals surface area contributed by atoms with Crippen LogP contribution in [0.2, 0.25) is 5.02 Å². The zero-order valence-electron chi connectivity index (χ0n) is 12.2. The minimum atomic E-state index is -3.55. The molecule has 1 saturated heterocycles. The van der Waals surface area contributed by atoms with Gasteiger partial charge in [0.2, 0.25) is 10.0 Å². The molecule has 0 bridgehead atoms. The van der Waals surface area contributed by atoms with Crippen LogP contribution in [0.15, 0.2) is 23.1 Å². The van der Waals surface area contributed by atoms with Gasteiger partial charge in [-0.2, -0.15) is 4.31 Å². The average molecular weight is 348 g/mol. The summed E-state index contributed by atoms with van der Waals surface area (Å²) in [5, 5.41) is 9.11. The number of nitrogens with zero attached hydrogens (tertiary/aromatic N) is 1. The minimum Gasteiger partial charge on any atom is -0.480 e. The van der Waals surface area contributed by atoms with Crippen LogP contribution in [-0.2, 0) is 19.6 Å². The molecule has 0 aliphatic carbocycles. The second kappa shape index (κ2) is 6.95. The number of sulfonamides is 1. The number of hydrogen-bond donors (Lipinski definition) is 1. The number of aliphatic carboxylic acids is 1. The number of aryl methyl sites for hydroxylation is 1. The largest absolute Gasteiger partial charge is 0.480 e. The Labute approximate surface area is 134 Å². The highest BCUT2D eigenvalue weighted by Crippen LogP contribution is 2.25. The molecule has 122 valence electrons. The Morgan fingerprint density at radius 2 is 2.05 bits per heavy atom. The summed E-state index contributed by atoms with van der Waals surface area (Å²) in [5.74, 6) is -1.02. The fourth-order valence-electron chi connectivity index (χ4n) is 2.35. The Kier molecular flexibility index (Phi) is 5.44. The van der Waals surface area contributed by atoms with Gasteiger partial charge >= 0.3 is 5.97 Å². The van der Waals surface area contributed by atoms with E-state index in [4.69, 9.17) is 21.4 Å². The third kappa shape index (κ3) is 3.98. The number of carbonyl (C=O) groups is 1. The van der Waals surface area contributed by atoms with E-state index in [1.54, 1.807) is 19.1 Å². The molecule has 0 unspecified atom stereocenters. The van der Waals surface area contributed by atoms with E-state index >= 15 is 0 Å². The molecule has 1 aliphatic rings. The van der Waals surface area contributed by atoms with E-state index in [0.29, 0.717) is 36.5 Å². The zero-order chi connectivity index (χ0) is 16.3. The van der Waals surface area contributed by atoms with Gasteiger partial charge in [-0.3, -0.25) is 0 Å². The molecular formula is C14H18ClNO5S. The Hall–Kier alpha value is -1.15. The van der Waals surface area contributed by atoms with Crippen molar-refractivity contribution < 1.29 is 23.1 Å². The molecule has 0 spiro atoms. The summed E-state index contributed by atoms with van der Waals surface area (Å²) < 4.78 is 31.7. The van der Waals surface area contributed by atoms with Gasteiger partial charge in [0.15, 0.2) is 0 Å². The van der Waals surface area contributed by atoms with E-state index < -0.39 is 16.0 Å². The van der Waals surface area contributed by atoms with Crippen LogP contribution >= 0.6 is 11.6 Å². The van der Waals surface area contributed by atoms with Gasteiger partial charge in [-0.15, -0.1) is 0 Å². The highest BCUT2D eigenvalue weighted by atomic mass is 35.5. The van der Waals surface area contributed by atoms with Crippen molar-refractivity contribution in [2.75, 3.05) is 19.7 Å². The van der Waals surface area contributed by atoms with Crippen LogP contribution in [0.3, 0.4) is 0 Å². The van der Waals surface area contributed by atoms with Gasteiger partial charge in [-0.05, 0) is 43.5 Å². The third-order valence-electron chi connectivity index (χ3n) is 3.61. The summed E-state index contributed by atoms with van der Waals surface area (Å²) in [6.07, 6.45) is 0.757. The van der Waals surface area contributed by atoms with Crippen LogP contribution in [-0.4, -0.2) is 49.6 Å². The van der Waals surface area contributed by atoms with Gasteiger partial charge in [0, 0.05) is 18.1 Å². The zero-order valence-corrected chi connectivity index (χ0v) is 13.7. The van der Waals surface area contributed by atoms with Gasteiger partial charge in [-0.1, -0.05) is 11.6 Å². The summed E-state index contributed by atoms with van der Waals surface area (Å²) >= 11 is 5.92. The second-order valence-corrected chi connectivity index (χ2v) is 7.56. The Bertz CT molecular complexity index is 653. The van der Waals surface area contributed by atoms with E-state index in [0.717, 1.165) is 0 Å². The molecule has 0 atom stereocenters. The van der Waals surface area contributed by atoms with Crippen molar-refractivity contribution in [3.8, 4) is 0 Å². The topological polar surface area (TPSA) is 83.9 Å². The number of benzene rings is 1. The van der Waals surface area contributed by atoms with E-state index in [1.807, 2.05) is 0 Å². The standard InChI is InChI=1S/C14H18ClNO5S/c1-10-8-12(2-3-13(10)15)22(19,20)16-6-4-11(5-7-16)21-9-14(17)18/h2-3,8,11H,4-7,9H2,1H3,(H,17,18). The Morgan fingerprint density at radius 1 is 1.41 bits per heavy atom. The van der Waals surface area contributed by atoms with Gasteiger partial charge < -0.3 is 9.84 Å². The molecule has 0 amide bonds. The van der Waals surface area contributed by atoms with Crippen molar-refractivity contribution in [1.82, 2.24) is 4.31 Å². The molecule has 1 heterocycles. The van der Waals surface area contributed by atoms with Crippen molar-refractivity contribution in [1.29, 1.82) is 0 Å². The molecule has 0 radical (unpaired) electrons. The van der Waals surface area contributed by atoms with E-state index in [1.165, 1.54) is 10.4 Å². The molecule has 0 saturated carbocycles. The fourth-order valence-corrected chi connectivity index (χ4v) is 4.03. The lowest BCUT2D eigenvalue weighted by molar-refractivity contribution is -0.145. The van der Waals surface area contributed by atoms with Crippen molar-refractivity contribution in [3.05, 3.63) is 28.8 Å². The van der Waals surface area contributed by atoms with E-state index in [9.17, 15) is 13.2 Å². The first kappa shape index (κ1) is 17.2. The van der Waals surface area contributed by atoms with Crippen molar-refractivity contribution in [2.24, 2.45) is 0 Å². The Balaban J connectivity index is 2.03. The summed E-state index contributed by atoms with van der Waals surface area (Å²) in [6, 6.07) is 4.63. The van der Waals surface area contributed by atoms with E-state index in [-0.39, 0.29) is 17.6 Å². The Morgan fingerprint density at radius 3 is 2.59 bits per heavy atom. The molecule has 22 heavy (non-hydrogen) atoms. The summed E-state index contributed by atoms with van der Waals surface area (Å²) in [7, 11) is -3.55. The average Bonchev–Trinajstić information content (AvgIpc) is 2.48. The number of hydrogen-bond acceptors (Lipinski definition) is 4. The van der Waals surface area contributed by atoms with Gasteiger partial charge in [0.25, 0.3) is 0 Å². The van der Waals surface area contributed by atoms with Crippen LogP contribution in [0, 0.1) is 6.92 Å². The molecule has 1 aromatic rings. The van der Waals surface area contributed by atoms with Crippen LogP contribution in [0.1, 0.15) is 18.4 Å². The van der Waals surface area contributed by atoms with Gasteiger partial charge in [-0.25, -0.2) is 13.2 Å². The molecular weight excluding hydrogens is 330 g/mol. The highest BCUT2D eigenvalue weighted by Gasteiger charge is 2.30. The summed E-state index contributed by atoms with van der Waals surface area (Å²) in [4.78, 5) is 10.7. The monoisotopic (exact) mass is 347 g/mol. The molecule has 2 rings (SSSR count). The molecule has 1 fully saturated rings. The number of carboxylic acids is 1. The predicted octanol–water partition coefficient (Wildman–Crippen LogP) is 1.90. The fraction of sp³-hybridized carbons (Fsp3) is 0.500. The van der Waals surface area contributed by atoms with Crippen molar-refractivity contribution in [2.45, 2.75) is 30.8 Å². The quantitative estimate of drug-likeness (QED) is 0.879. The van der Waals surface area contributed by atoms with Crippen molar-refractivity contribution in [3.63, 3.8) is 0 Å². The SMILES string of the molecule is Cc1cc(S(=O)(=O)N2CCC(OCC(=O)O)CC2)ccc1Cl. The van der Waals surface area contributed by atoms with E-state index in [2.05, 4.69) is 0 Å². The number of rotatable bonds is 5. The first-order valence-corrected chi connectivity index (χ1v) is 8.72. The van der Waals surface area contributed by atoms with Crippen LogP contribution in [0.4, 0.5) is 0 Å². The number of carboxylic acid groups (broad SMARTS) is 1. The smallest absolute Gasteiger partial charge is 0.329 e. The number of ether oxygens (including phenoxy) is 1. The van der Waals surface area contributed by atoms with Crippen LogP contribution in [0.5, 0.6) is 0 Å². The van der Waals surface area contributed by atoms with Gasteiger partial charge in [0.05, 0.1) is 11.0 Å². The lowest BCUT2D eigenvalue weighted by Gasteiger charge is -2.30. The molecule has 8 heteroatoms. The first-order chi connectivity index (χ1) is 10.3.